The molecule has 0 saturated carbocycles. The van der Waals surface area contributed by atoms with Gasteiger partial charge in [0, 0.05) is 11.1 Å². The molecule has 0 unspecified atom stereocenters. The fourth-order valence-electron chi connectivity index (χ4n) is 2.96. The number of benzene rings is 2. The summed E-state index contributed by atoms with van der Waals surface area (Å²) >= 11 is 0. The van der Waals surface area contributed by atoms with Gasteiger partial charge in [-0.2, -0.15) is 10.4 Å². The van der Waals surface area contributed by atoms with Crippen LogP contribution in [0.2, 0.25) is 0 Å². The number of carboxylic acids is 1. The number of rotatable bonds is 6. The molecule has 154 valence electrons. The molecule has 30 heavy (non-hydrogen) atoms. The van der Waals surface area contributed by atoms with Crippen molar-refractivity contribution in [1.82, 2.24) is 9.78 Å². The Kier molecular flexibility index (Phi) is 5.55. The normalized spacial score (nSPS) is 11.1. The maximum absolute atomic E-state index is 14.3. The molecule has 0 amide bonds. The lowest BCUT2D eigenvalue weighted by Crippen LogP contribution is -2.11. The summed E-state index contributed by atoms with van der Waals surface area (Å²) in [6.45, 7) is -0.359. The Labute approximate surface area is 170 Å². The molecule has 0 saturated heterocycles. The Hall–Kier alpha value is -3.75. The van der Waals surface area contributed by atoms with E-state index in [1.165, 1.54) is 43.5 Å². The van der Waals surface area contributed by atoms with Crippen molar-refractivity contribution in [1.29, 1.82) is 5.26 Å². The first-order valence-corrected chi connectivity index (χ1v) is 9.90. The average Bonchev–Trinajstić information content (AvgIpc) is 3.07. The number of carboxylic acid groups (broad SMARTS) is 1. The Bertz CT molecular complexity index is 1280. The smallest absolute Gasteiger partial charge is 0.354 e. The molecule has 0 fully saturated rings. The van der Waals surface area contributed by atoms with Crippen LogP contribution in [0.5, 0.6) is 5.75 Å². The van der Waals surface area contributed by atoms with E-state index in [9.17, 15) is 22.7 Å². The molecule has 0 aliphatic heterocycles. The minimum absolute atomic E-state index is 0.0286. The van der Waals surface area contributed by atoms with Gasteiger partial charge in [0.25, 0.3) is 0 Å². The Morgan fingerprint density at radius 3 is 2.40 bits per heavy atom. The molecule has 9 nitrogen and oxygen atoms in total. The van der Waals surface area contributed by atoms with Crippen LogP contribution in [0, 0.1) is 17.1 Å². The number of nitriles is 1. The number of aromatic nitrogens is 2. The zero-order valence-corrected chi connectivity index (χ0v) is 16.4. The molecule has 0 atom stereocenters. The van der Waals surface area contributed by atoms with Crippen molar-refractivity contribution in [3.05, 3.63) is 54.0 Å². The summed E-state index contributed by atoms with van der Waals surface area (Å²) in [5.41, 5.74) is 0.440. The molecular weight excluding hydrogens is 415 g/mol. The average molecular weight is 430 g/mol. The third-order valence-corrected chi connectivity index (χ3v) is 5.20. The number of aromatic carboxylic acids is 1. The fourth-order valence-corrected chi connectivity index (χ4v) is 3.48. The number of hydrogen-bond donors (Lipinski definition) is 2. The monoisotopic (exact) mass is 430 g/mol. The lowest BCUT2D eigenvalue weighted by Gasteiger charge is -2.08. The molecule has 0 spiro atoms. The van der Waals surface area contributed by atoms with Crippen molar-refractivity contribution in [3.8, 4) is 34.2 Å². The quantitative estimate of drug-likeness (QED) is 0.609. The van der Waals surface area contributed by atoms with Crippen molar-refractivity contribution in [2.45, 2.75) is 11.4 Å². The Morgan fingerprint density at radius 2 is 1.90 bits per heavy atom. The topological polar surface area (TPSA) is 148 Å². The van der Waals surface area contributed by atoms with Gasteiger partial charge in [0.1, 0.15) is 12.2 Å². The Morgan fingerprint density at radius 1 is 1.27 bits per heavy atom. The van der Waals surface area contributed by atoms with Gasteiger partial charge < -0.3 is 9.84 Å². The summed E-state index contributed by atoms with van der Waals surface area (Å²) in [6, 6.07) is 11.0. The second kappa shape index (κ2) is 7.94. The van der Waals surface area contributed by atoms with Gasteiger partial charge in [0.15, 0.2) is 17.3 Å². The summed E-state index contributed by atoms with van der Waals surface area (Å²) in [5.74, 6) is -2.11. The molecular formula is C19H15FN4O5S. The number of halogens is 1. The number of primary sulfonamides is 1. The van der Waals surface area contributed by atoms with Gasteiger partial charge >= 0.3 is 5.97 Å². The van der Waals surface area contributed by atoms with E-state index in [4.69, 9.17) is 15.1 Å². The SMILES string of the molecule is COc1ccc(-c2c(-c3ccc(S(N)(=O)=O)cc3)nn(CC#N)c2C(=O)O)cc1F. The minimum atomic E-state index is -3.93. The highest BCUT2D eigenvalue weighted by Crippen LogP contribution is 2.36. The highest BCUT2D eigenvalue weighted by Gasteiger charge is 2.26. The number of methoxy groups -OCH3 is 1. The Balaban J connectivity index is 2.30. The van der Waals surface area contributed by atoms with Gasteiger partial charge in [-0.3, -0.25) is 0 Å². The van der Waals surface area contributed by atoms with Crippen molar-refractivity contribution in [2.75, 3.05) is 7.11 Å². The van der Waals surface area contributed by atoms with E-state index >= 15 is 0 Å². The third-order valence-electron chi connectivity index (χ3n) is 4.27. The predicted octanol–water partition coefficient (Wildman–Crippen LogP) is 2.23. The maximum Gasteiger partial charge on any atom is 0.354 e. The van der Waals surface area contributed by atoms with Crippen LogP contribution < -0.4 is 9.88 Å². The van der Waals surface area contributed by atoms with Gasteiger partial charge in [-0.05, 0) is 29.8 Å². The number of hydrogen-bond acceptors (Lipinski definition) is 6. The highest BCUT2D eigenvalue weighted by molar-refractivity contribution is 7.89. The molecule has 0 aliphatic carbocycles. The van der Waals surface area contributed by atoms with Gasteiger partial charge in [-0.15, -0.1) is 0 Å². The number of ether oxygens (including phenoxy) is 1. The molecule has 0 radical (unpaired) electrons. The highest BCUT2D eigenvalue weighted by atomic mass is 32.2. The third kappa shape index (κ3) is 3.86. The van der Waals surface area contributed by atoms with Crippen LogP contribution in [0.4, 0.5) is 4.39 Å². The molecule has 1 heterocycles. The molecule has 0 bridgehead atoms. The van der Waals surface area contributed by atoms with Crippen LogP contribution in [-0.4, -0.2) is 36.4 Å². The van der Waals surface area contributed by atoms with E-state index in [-0.39, 0.29) is 39.7 Å². The maximum atomic E-state index is 14.3. The van der Waals surface area contributed by atoms with Crippen molar-refractivity contribution >= 4 is 16.0 Å². The lowest BCUT2D eigenvalue weighted by molar-refractivity contribution is 0.0685. The van der Waals surface area contributed by atoms with E-state index < -0.39 is 21.8 Å². The van der Waals surface area contributed by atoms with Gasteiger partial charge in [-0.25, -0.2) is 27.4 Å². The number of carbonyl (C=O) groups is 1. The zero-order chi connectivity index (χ0) is 22.1. The number of nitrogens with zero attached hydrogens (tertiary/aromatic N) is 3. The summed E-state index contributed by atoms with van der Waals surface area (Å²) in [6.07, 6.45) is 0. The van der Waals surface area contributed by atoms with Crippen molar-refractivity contribution in [3.63, 3.8) is 0 Å². The molecule has 11 heteroatoms. The van der Waals surface area contributed by atoms with Crippen LogP contribution in [-0.2, 0) is 16.6 Å². The first kappa shape index (κ1) is 21.0. The van der Waals surface area contributed by atoms with E-state index in [0.29, 0.717) is 5.56 Å². The summed E-state index contributed by atoms with van der Waals surface area (Å²) in [4.78, 5) is 11.8. The van der Waals surface area contributed by atoms with E-state index in [1.807, 2.05) is 6.07 Å². The second-order valence-electron chi connectivity index (χ2n) is 6.11. The van der Waals surface area contributed by atoms with Crippen LogP contribution in [0.1, 0.15) is 10.5 Å². The summed E-state index contributed by atoms with van der Waals surface area (Å²) in [7, 11) is -2.63. The van der Waals surface area contributed by atoms with Crippen LogP contribution in [0.25, 0.3) is 22.4 Å². The lowest BCUT2D eigenvalue weighted by atomic mass is 9.98. The zero-order valence-electron chi connectivity index (χ0n) is 15.5. The van der Waals surface area contributed by atoms with E-state index in [0.717, 1.165) is 10.7 Å². The number of sulfonamides is 1. The predicted molar refractivity (Wildman–Crippen MR) is 104 cm³/mol. The van der Waals surface area contributed by atoms with Crippen LogP contribution >= 0.6 is 0 Å². The standard InChI is InChI=1S/C19H15FN4O5S/c1-29-15-7-4-12(10-14(15)20)16-17(23-24(9-8-21)18(16)19(25)26)11-2-5-13(6-3-11)30(22,27)28/h2-7,10H,9H2,1H3,(H,25,26)(H2,22,27,28). The molecule has 1 aromatic heterocycles. The fraction of sp³-hybridized carbons (Fsp3) is 0.105. The second-order valence-corrected chi connectivity index (χ2v) is 7.67. The van der Waals surface area contributed by atoms with Crippen molar-refractivity contribution in [2.24, 2.45) is 5.14 Å². The van der Waals surface area contributed by atoms with E-state index in [2.05, 4.69) is 5.10 Å². The molecule has 3 aromatic rings. The first-order chi connectivity index (χ1) is 14.2. The molecule has 3 rings (SSSR count). The van der Waals surface area contributed by atoms with E-state index in [1.54, 1.807) is 0 Å². The number of nitrogens with two attached hydrogens (primary N) is 1. The van der Waals surface area contributed by atoms with Crippen LogP contribution in [0.15, 0.2) is 47.4 Å². The minimum Gasteiger partial charge on any atom is -0.494 e. The van der Waals surface area contributed by atoms with Gasteiger partial charge in [0.2, 0.25) is 10.0 Å². The largest absolute Gasteiger partial charge is 0.494 e. The summed E-state index contributed by atoms with van der Waals surface area (Å²) < 4.78 is 43.2. The van der Waals surface area contributed by atoms with Gasteiger partial charge in [0.05, 0.1) is 18.1 Å². The van der Waals surface area contributed by atoms with Gasteiger partial charge in [-0.1, -0.05) is 18.2 Å². The molecule has 2 aromatic carbocycles. The van der Waals surface area contributed by atoms with Crippen LogP contribution in [0.3, 0.4) is 0 Å². The first-order valence-electron chi connectivity index (χ1n) is 8.35. The molecule has 0 aliphatic rings. The van der Waals surface area contributed by atoms with Crippen molar-refractivity contribution < 1.29 is 27.4 Å². The molecule has 3 N–H and O–H groups in total. The summed E-state index contributed by atoms with van der Waals surface area (Å²) in [5, 5.41) is 28.1.